The van der Waals surface area contributed by atoms with Crippen molar-refractivity contribution in [2.75, 3.05) is 16.3 Å². The van der Waals surface area contributed by atoms with Crippen molar-refractivity contribution in [1.29, 1.82) is 0 Å². The van der Waals surface area contributed by atoms with Crippen LogP contribution in [0.5, 0.6) is 5.75 Å². The molecular weight excluding hydrogens is 456 g/mol. The van der Waals surface area contributed by atoms with E-state index >= 15 is 0 Å². The molecule has 0 bridgehead atoms. The summed E-state index contributed by atoms with van der Waals surface area (Å²) in [5, 5.41) is 0.514. The third-order valence-corrected chi connectivity index (χ3v) is 7.31. The fourth-order valence-electron chi connectivity index (χ4n) is 5.27. The van der Waals surface area contributed by atoms with Crippen molar-refractivity contribution >= 4 is 46.7 Å². The van der Waals surface area contributed by atoms with Crippen LogP contribution in [0, 0.1) is 23.7 Å². The lowest BCUT2D eigenvalue weighted by atomic mass is 9.76. The van der Waals surface area contributed by atoms with Crippen LogP contribution in [0.1, 0.15) is 32.6 Å². The number of hydrogen-bond acceptors (Lipinski definition) is 5. The fraction of sp³-hybridized carbons (Fsp3) is 0.385. The van der Waals surface area contributed by atoms with Crippen molar-refractivity contribution in [2.24, 2.45) is 23.7 Å². The van der Waals surface area contributed by atoms with Gasteiger partial charge in [-0.3, -0.25) is 24.1 Å². The molecule has 1 saturated carbocycles. The normalized spacial score (nSPS) is 26.7. The Kier molecular flexibility index (Phi) is 5.90. The monoisotopic (exact) mass is 480 g/mol. The van der Waals surface area contributed by atoms with E-state index in [1.54, 1.807) is 48.5 Å². The number of nitrogens with zero attached hydrogens (tertiary/aromatic N) is 2. The van der Waals surface area contributed by atoms with Crippen molar-refractivity contribution in [3.63, 3.8) is 0 Å². The van der Waals surface area contributed by atoms with Crippen LogP contribution in [0.4, 0.5) is 11.4 Å². The van der Waals surface area contributed by atoms with Gasteiger partial charge in [0.05, 0.1) is 23.4 Å². The zero-order valence-electron chi connectivity index (χ0n) is 18.8. The predicted molar refractivity (Wildman–Crippen MR) is 126 cm³/mol. The molecule has 0 radical (unpaired) electrons. The Bertz CT molecular complexity index is 1160. The quantitative estimate of drug-likeness (QED) is 0.371. The average Bonchev–Trinajstić information content (AvgIpc) is 3.32. The molecule has 2 aromatic carbocycles. The molecule has 0 unspecified atom stereocenters. The summed E-state index contributed by atoms with van der Waals surface area (Å²) in [6.07, 6.45) is 2.51. The summed E-state index contributed by atoms with van der Waals surface area (Å²) in [7, 11) is 0. The van der Waals surface area contributed by atoms with Gasteiger partial charge in [-0.1, -0.05) is 24.6 Å². The van der Waals surface area contributed by atoms with Gasteiger partial charge in [-0.05, 0) is 67.6 Å². The number of carbonyl (C=O) groups is 4. The third kappa shape index (κ3) is 4.09. The number of benzene rings is 2. The highest BCUT2D eigenvalue weighted by Gasteiger charge is 2.50. The second kappa shape index (κ2) is 8.87. The molecule has 2 aromatic rings. The van der Waals surface area contributed by atoms with Gasteiger partial charge in [-0.25, -0.2) is 0 Å². The maximum atomic E-state index is 12.9. The number of rotatable bonds is 4. The van der Waals surface area contributed by atoms with Crippen LogP contribution in [0.25, 0.3) is 0 Å². The minimum absolute atomic E-state index is 0.0570. The van der Waals surface area contributed by atoms with Gasteiger partial charge in [0.1, 0.15) is 5.75 Å². The Morgan fingerprint density at radius 3 is 2.44 bits per heavy atom. The molecule has 0 N–H and O–H groups in total. The first-order chi connectivity index (χ1) is 16.3. The molecule has 3 aliphatic rings. The second-order valence-electron chi connectivity index (χ2n) is 9.44. The number of imide groups is 1. The lowest BCUT2D eigenvalue weighted by Gasteiger charge is -2.25. The third-order valence-electron chi connectivity index (χ3n) is 7.08. The van der Waals surface area contributed by atoms with E-state index in [2.05, 4.69) is 6.92 Å². The van der Waals surface area contributed by atoms with E-state index in [-0.39, 0.29) is 42.5 Å². The van der Waals surface area contributed by atoms with E-state index in [1.165, 1.54) is 9.80 Å². The number of ether oxygens (including phenoxy) is 1. The summed E-state index contributed by atoms with van der Waals surface area (Å²) in [6.45, 7) is 2.33. The van der Waals surface area contributed by atoms with Crippen molar-refractivity contribution in [3.8, 4) is 5.75 Å². The lowest BCUT2D eigenvalue weighted by molar-refractivity contribution is -0.139. The van der Waals surface area contributed by atoms with Crippen molar-refractivity contribution in [2.45, 2.75) is 32.6 Å². The van der Waals surface area contributed by atoms with E-state index in [9.17, 15) is 19.2 Å². The van der Waals surface area contributed by atoms with Gasteiger partial charge >= 0.3 is 5.97 Å². The summed E-state index contributed by atoms with van der Waals surface area (Å²) in [5.74, 6) is -1.28. The summed E-state index contributed by atoms with van der Waals surface area (Å²) in [4.78, 5) is 53.7. The van der Waals surface area contributed by atoms with Gasteiger partial charge in [0.15, 0.2) is 0 Å². The van der Waals surface area contributed by atoms with Crippen molar-refractivity contribution < 1.29 is 23.9 Å². The molecule has 3 fully saturated rings. The number of fused-ring (bicyclic) bond motifs is 1. The van der Waals surface area contributed by atoms with E-state index < -0.39 is 11.9 Å². The Labute approximate surface area is 202 Å². The maximum absolute atomic E-state index is 12.9. The molecule has 176 valence electrons. The first kappa shape index (κ1) is 22.6. The number of hydrogen-bond donors (Lipinski definition) is 0. The molecule has 0 spiro atoms. The standard InChI is InChI=1S/C26H25ClN2O5/c1-15-5-10-21-22(11-15)25(32)29(24(21)31)18-6-8-20(9-7-18)34-26(33)16-12-23(30)28(14-16)19-4-2-3-17(27)13-19/h2-4,6-9,13,15-16,21-22H,5,10-12,14H2,1H3/t15-,16+,21+,22-/m1/s1. The molecule has 3 amide bonds. The van der Waals surface area contributed by atoms with E-state index in [1.807, 2.05) is 0 Å². The molecule has 5 rings (SSSR count). The van der Waals surface area contributed by atoms with Crippen LogP contribution in [-0.2, 0) is 19.2 Å². The molecule has 7 nitrogen and oxygen atoms in total. The molecule has 2 saturated heterocycles. The Hall–Kier alpha value is -3.19. The Morgan fingerprint density at radius 1 is 0.971 bits per heavy atom. The number of halogens is 1. The molecule has 2 aliphatic heterocycles. The summed E-state index contributed by atoms with van der Waals surface area (Å²) < 4.78 is 5.50. The second-order valence-corrected chi connectivity index (χ2v) is 9.88. The number of carbonyl (C=O) groups excluding carboxylic acids is 4. The van der Waals surface area contributed by atoms with E-state index in [0.29, 0.717) is 28.1 Å². The van der Waals surface area contributed by atoms with Crippen LogP contribution < -0.4 is 14.5 Å². The van der Waals surface area contributed by atoms with Gasteiger partial charge in [-0.2, -0.15) is 0 Å². The molecule has 34 heavy (non-hydrogen) atoms. The minimum atomic E-state index is -0.599. The van der Waals surface area contributed by atoms with Crippen LogP contribution in [0.3, 0.4) is 0 Å². The Balaban J connectivity index is 1.24. The zero-order valence-corrected chi connectivity index (χ0v) is 19.5. The highest BCUT2D eigenvalue weighted by atomic mass is 35.5. The Morgan fingerprint density at radius 2 is 1.71 bits per heavy atom. The number of esters is 1. The molecular formula is C26H25ClN2O5. The van der Waals surface area contributed by atoms with E-state index in [4.69, 9.17) is 16.3 Å². The average molecular weight is 481 g/mol. The van der Waals surface area contributed by atoms with Gasteiger partial charge in [-0.15, -0.1) is 0 Å². The van der Waals surface area contributed by atoms with Crippen LogP contribution >= 0.6 is 11.6 Å². The minimum Gasteiger partial charge on any atom is -0.426 e. The smallest absolute Gasteiger partial charge is 0.316 e. The number of amides is 3. The topological polar surface area (TPSA) is 84.0 Å². The zero-order chi connectivity index (χ0) is 24.0. The maximum Gasteiger partial charge on any atom is 0.316 e. The SMILES string of the molecule is C[C@@H]1CC[C@@H]2C(=O)N(c3ccc(OC(=O)[C@H]4CC(=O)N(c5cccc(Cl)c5)C4)cc3)C(=O)[C@@H]2C1. The first-order valence-electron chi connectivity index (χ1n) is 11.6. The highest BCUT2D eigenvalue weighted by Crippen LogP contribution is 2.42. The molecule has 8 heteroatoms. The lowest BCUT2D eigenvalue weighted by Crippen LogP contribution is -2.30. The van der Waals surface area contributed by atoms with Gasteiger partial charge in [0, 0.05) is 23.7 Å². The summed E-state index contributed by atoms with van der Waals surface area (Å²) in [6, 6.07) is 13.3. The van der Waals surface area contributed by atoms with Crippen LogP contribution in [0.15, 0.2) is 48.5 Å². The van der Waals surface area contributed by atoms with Crippen LogP contribution in [0.2, 0.25) is 5.02 Å². The molecule has 1 aliphatic carbocycles. The highest BCUT2D eigenvalue weighted by molar-refractivity contribution is 6.31. The fourth-order valence-corrected chi connectivity index (χ4v) is 5.45. The summed E-state index contributed by atoms with van der Waals surface area (Å²) >= 11 is 6.02. The van der Waals surface area contributed by atoms with Gasteiger partial charge in [0.2, 0.25) is 17.7 Å². The first-order valence-corrected chi connectivity index (χ1v) is 11.9. The molecule has 2 heterocycles. The number of anilines is 2. The van der Waals surface area contributed by atoms with E-state index in [0.717, 1.165) is 19.3 Å². The largest absolute Gasteiger partial charge is 0.426 e. The van der Waals surface area contributed by atoms with Crippen molar-refractivity contribution in [3.05, 3.63) is 53.6 Å². The van der Waals surface area contributed by atoms with Crippen LogP contribution in [-0.4, -0.2) is 30.2 Å². The van der Waals surface area contributed by atoms with Gasteiger partial charge < -0.3 is 9.64 Å². The van der Waals surface area contributed by atoms with Gasteiger partial charge in [0.25, 0.3) is 0 Å². The summed E-state index contributed by atoms with van der Waals surface area (Å²) in [5.41, 5.74) is 1.13. The molecule has 4 atom stereocenters. The predicted octanol–water partition coefficient (Wildman–Crippen LogP) is 4.22. The molecule has 0 aromatic heterocycles. The van der Waals surface area contributed by atoms with Crippen molar-refractivity contribution in [1.82, 2.24) is 0 Å².